The summed E-state index contributed by atoms with van der Waals surface area (Å²) in [7, 11) is -0.0849. The van der Waals surface area contributed by atoms with Gasteiger partial charge in [-0.2, -0.15) is 4.98 Å². The molecule has 26 heavy (non-hydrogen) atoms. The summed E-state index contributed by atoms with van der Waals surface area (Å²) in [6.07, 6.45) is 1.51. The van der Waals surface area contributed by atoms with Crippen molar-refractivity contribution in [2.45, 2.75) is 11.8 Å². The van der Waals surface area contributed by atoms with Gasteiger partial charge in [0.2, 0.25) is 5.95 Å². The van der Waals surface area contributed by atoms with E-state index in [1.54, 1.807) is 29.2 Å². The van der Waals surface area contributed by atoms with Crippen LogP contribution >= 0.6 is 0 Å². The summed E-state index contributed by atoms with van der Waals surface area (Å²) >= 11 is 0. The predicted molar refractivity (Wildman–Crippen MR) is 101 cm³/mol. The second-order valence-electron chi connectivity index (χ2n) is 6.32. The van der Waals surface area contributed by atoms with Crippen LogP contribution < -0.4 is 14.5 Å². The molecule has 2 heterocycles. The topological polar surface area (TPSA) is 87.7 Å². The molecule has 2 aromatic rings. The summed E-state index contributed by atoms with van der Waals surface area (Å²) in [5.74, 6) is 1.08. The zero-order valence-corrected chi connectivity index (χ0v) is 16.0. The van der Waals surface area contributed by atoms with Crippen molar-refractivity contribution in [3.63, 3.8) is 0 Å². The van der Waals surface area contributed by atoms with E-state index in [-0.39, 0.29) is 4.90 Å². The first-order chi connectivity index (χ1) is 12.4. The van der Waals surface area contributed by atoms with Crippen LogP contribution in [-0.4, -0.2) is 58.8 Å². The van der Waals surface area contributed by atoms with Gasteiger partial charge in [-0.15, -0.1) is 0 Å². The molecular formula is C17H23N5O3S. The van der Waals surface area contributed by atoms with Gasteiger partial charge in [0.05, 0.1) is 24.3 Å². The van der Waals surface area contributed by atoms with Crippen LogP contribution in [0.5, 0.6) is 0 Å². The Bertz CT molecular complexity index is 862. The first-order valence-corrected chi connectivity index (χ1v) is 9.82. The van der Waals surface area contributed by atoms with Gasteiger partial charge in [-0.1, -0.05) is 17.7 Å². The number of anilines is 3. The minimum absolute atomic E-state index is 0.199. The largest absolute Gasteiger partial charge is 0.378 e. The predicted octanol–water partition coefficient (Wildman–Crippen LogP) is 1.49. The van der Waals surface area contributed by atoms with Crippen molar-refractivity contribution in [3.05, 3.63) is 36.0 Å². The minimum Gasteiger partial charge on any atom is -0.378 e. The Kier molecular flexibility index (Phi) is 5.28. The molecule has 0 amide bonds. The van der Waals surface area contributed by atoms with Crippen molar-refractivity contribution in [1.82, 2.24) is 9.97 Å². The fourth-order valence-corrected chi connectivity index (χ4v) is 3.66. The molecule has 1 N–H and O–H groups in total. The number of nitrogens with one attached hydrogen (secondary N) is 1. The van der Waals surface area contributed by atoms with Crippen LogP contribution in [0, 0.1) is 6.92 Å². The number of aromatic nitrogens is 2. The standard InChI is InChI=1S/C17H23N5O3S/c1-13-4-6-14(7-5-13)26(23,24)20-15-12-18-17(19-16(15)21(2)3)22-8-10-25-11-9-22/h4-7,12,20H,8-11H2,1-3H3. The molecular weight excluding hydrogens is 354 g/mol. The summed E-state index contributed by atoms with van der Waals surface area (Å²) in [5, 5.41) is 0. The molecule has 0 radical (unpaired) electrons. The molecule has 9 heteroatoms. The molecule has 1 aromatic carbocycles. The Morgan fingerprint density at radius 2 is 1.81 bits per heavy atom. The van der Waals surface area contributed by atoms with E-state index in [1.165, 1.54) is 6.20 Å². The molecule has 0 bridgehead atoms. The Labute approximate surface area is 153 Å². The third kappa shape index (κ3) is 4.05. The highest BCUT2D eigenvalue weighted by atomic mass is 32.2. The van der Waals surface area contributed by atoms with Crippen molar-refractivity contribution in [3.8, 4) is 0 Å². The van der Waals surface area contributed by atoms with Gasteiger partial charge in [-0.05, 0) is 19.1 Å². The molecule has 1 aliphatic rings. The van der Waals surface area contributed by atoms with Crippen LogP contribution in [0.15, 0.2) is 35.4 Å². The molecule has 1 saturated heterocycles. The van der Waals surface area contributed by atoms with Gasteiger partial charge in [0.1, 0.15) is 5.69 Å². The van der Waals surface area contributed by atoms with Crippen molar-refractivity contribution >= 4 is 27.5 Å². The van der Waals surface area contributed by atoms with Gasteiger partial charge in [-0.3, -0.25) is 4.72 Å². The molecule has 0 saturated carbocycles. The average Bonchev–Trinajstić information content (AvgIpc) is 2.62. The Balaban J connectivity index is 1.90. The summed E-state index contributed by atoms with van der Waals surface area (Å²) in [4.78, 5) is 12.9. The number of benzene rings is 1. The van der Waals surface area contributed by atoms with Gasteiger partial charge >= 0.3 is 0 Å². The molecule has 140 valence electrons. The number of hydrogen-bond acceptors (Lipinski definition) is 7. The Morgan fingerprint density at radius 3 is 2.42 bits per heavy atom. The number of hydrogen-bond donors (Lipinski definition) is 1. The van der Waals surface area contributed by atoms with E-state index in [2.05, 4.69) is 14.7 Å². The summed E-state index contributed by atoms with van der Waals surface area (Å²) < 4.78 is 33.3. The molecule has 0 aliphatic carbocycles. The van der Waals surface area contributed by atoms with E-state index in [1.807, 2.05) is 25.9 Å². The van der Waals surface area contributed by atoms with Gasteiger partial charge < -0.3 is 14.5 Å². The first-order valence-electron chi connectivity index (χ1n) is 8.33. The first kappa shape index (κ1) is 18.4. The van der Waals surface area contributed by atoms with Gasteiger partial charge in [0.25, 0.3) is 10.0 Å². The number of nitrogens with zero attached hydrogens (tertiary/aromatic N) is 4. The quantitative estimate of drug-likeness (QED) is 0.844. The lowest BCUT2D eigenvalue weighted by Gasteiger charge is -2.28. The summed E-state index contributed by atoms with van der Waals surface area (Å²) in [6, 6.07) is 6.69. The maximum absolute atomic E-state index is 12.7. The monoisotopic (exact) mass is 377 g/mol. The number of morpholine rings is 1. The second kappa shape index (κ2) is 7.46. The number of sulfonamides is 1. The minimum atomic E-state index is -3.71. The third-order valence-electron chi connectivity index (χ3n) is 4.05. The van der Waals surface area contributed by atoms with Crippen molar-refractivity contribution < 1.29 is 13.2 Å². The summed E-state index contributed by atoms with van der Waals surface area (Å²) in [5.41, 5.74) is 1.34. The summed E-state index contributed by atoms with van der Waals surface area (Å²) in [6.45, 7) is 4.58. The van der Waals surface area contributed by atoms with Crippen LogP contribution in [0.1, 0.15) is 5.56 Å². The van der Waals surface area contributed by atoms with E-state index in [4.69, 9.17) is 4.74 Å². The lowest BCUT2D eigenvalue weighted by molar-refractivity contribution is 0.122. The molecule has 3 rings (SSSR count). The smallest absolute Gasteiger partial charge is 0.262 e. The molecule has 0 atom stereocenters. The third-order valence-corrected chi connectivity index (χ3v) is 5.43. The van der Waals surface area contributed by atoms with Gasteiger partial charge in [-0.25, -0.2) is 13.4 Å². The van der Waals surface area contributed by atoms with Gasteiger partial charge in [0, 0.05) is 27.2 Å². The van der Waals surface area contributed by atoms with E-state index in [0.29, 0.717) is 43.8 Å². The maximum atomic E-state index is 12.7. The van der Waals surface area contributed by atoms with Crippen LogP contribution in [0.3, 0.4) is 0 Å². The SMILES string of the molecule is Cc1ccc(S(=O)(=O)Nc2cnc(N3CCOCC3)nc2N(C)C)cc1. The van der Waals surface area contributed by atoms with Crippen LogP contribution in [-0.2, 0) is 14.8 Å². The molecule has 1 aromatic heterocycles. The maximum Gasteiger partial charge on any atom is 0.262 e. The zero-order chi connectivity index (χ0) is 18.7. The lowest BCUT2D eigenvalue weighted by Crippen LogP contribution is -2.37. The van der Waals surface area contributed by atoms with E-state index < -0.39 is 10.0 Å². The van der Waals surface area contributed by atoms with E-state index in [9.17, 15) is 8.42 Å². The average molecular weight is 377 g/mol. The fourth-order valence-electron chi connectivity index (χ4n) is 2.61. The number of rotatable bonds is 5. The number of aryl methyl sites for hydroxylation is 1. The van der Waals surface area contributed by atoms with Crippen LogP contribution in [0.2, 0.25) is 0 Å². The second-order valence-corrected chi connectivity index (χ2v) is 8.00. The van der Waals surface area contributed by atoms with Gasteiger partial charge in [0.15, 0.2) is 5.82 Å². The fraction of sp³-hybridized carbons (Fsp3) is 0.412. The molecule has 0 spiro atoms. The highest BCUT2D eigenvalue weighted by Crippen LogP contribution is 2.26. The highest BCUT2D eigenvalue weighted by Gasteiger charge is 2.21. The molecule has 1 aliphatic heterocycles. The van der Waals surface area contributed by atoms with Crippen molar-refractivity contribution in [2.75, 3.05) is 54.9 Å². The number of ether oxygens (including phenoxy) is 1. The van der Waals surface area contributed by atoms with Crippen LogP contribution in [0.4, 0.5) is 17.5 Å². The Hall–Kier alpha value is -2.39. The normalized spacial score (nSPS) is 15.0. The highest BCUT2D eigenvalue weighted by molar-refractivity contribution is 7.92. The Morgan fingerprint density at radius 1 is 1.15 bits per heavy atom. The van der Waals surface area contributed by atoms with E-state index in [0.717, 1.165) is 5.56 Å². The van der Waals surface area contributed by atoms with Crippen molar-refractivity contribution in [1.29, 1.82) is 0 Å². The molecule has 1 fully saturated rings. The molecule has 0 unspecified atom stereocenters. The lowest BCUT2D eigenvalue weighted by atomic mass is 10.2. The van der Waals surface area contributed by atoms with E-state index >= 15 is 0 Å². The van der Waals surface area contributed by atoms with Crippen molar-refractivity contribution in [2.24, 2.45) is 0 Å². The van der Waals surface area contributed by atoms with Crippen LogP contribution in [0.25, 0.3) is 0 Å². The zero-order valence-electron chi connectivity index (χ0n) is 15.1. The molecule has 8 nitrogen and oxygen atoms in total.